The van der Waals surface area contributed by atoms with Crippen molar-refractivity contribution in [2.75, 3.05) is 13.7 Å². The van der Waals surface area contributed by atoms with Gasteiger partial charge in [0.05, 0.1) is 5.60 Å². The zero-order valence-electron chi connectivity index (χ0n) is 13.5. The molecular formula is C17H30O3. The minimum absolute atomic E-state index is 0.00694. The number of carbonyl (C=O) groups is 1. The van der Waals surface area contributed by atoms with Gasteiger partial charge in [-0.2, -0.15) is 0 Å². The third-order valence-electron chi connectivity index (χ3n) is 4.94. The van der Waals surface area contributed by atoms with Crippen molar-refractivity contribution >= 4 is 5.78 Å². The van der Waals surface area contributed by atoms with E-state index in [4.69, 9.17) is 9.47 Å². The van der Waals surface area contributed by atoms with Crippen molar-refractivity contribution in [3.05, 3.63) is 0 Å². The highest BCUT2D eigenvalue weighted by Crippen LogP contribution is 2.42. The van der Waals surface area contributed by atoms with Crippen LogP contribution in [-0.4, -0.2) is 31.2 Å². The van der Waals surface area contributed by atoms with Gasteiger partial charge in [-0.3, -0.25) is 4.79 Å². The summed E-state index contributed by atoms with van der Waals surface area (Å²) in [6.45, 7) is 6.97. The zero-order chi connectivity index (χ0) is 14.8. The second kappa shape index (κ2) is 6.15. The first-order chi connectivity index (χ1) is 9.38. The average molecular weight is 282 g/mol. The molecule has 0 aromatic rings. The highest BCUT2D eigenvalue weighted by atomic mass is 16.5. The minimum atomic E-state index is -0.300. The van der Waals surface area contributed by atoms with Crippen molar-refractivity contribution in [2.24, 2.45) is 11.3 Å². The van der Waals surface area contributed by atoms with Crippen LogP contribution < -0.4 is 0 Å². The second-order valence-corrected chi connectivity index (χ2v) is 7.67. The van der Waals surface area contributed by atoms with E-state index in [0.29, 0.717) is 0 Å². The SMILES string of the molecule is COC(C(=O)C1CCOC2(CCCCC2)C1)C(C)(C)C. The highest BCUT2D eigenvalue weighted by molar-refractivity contribution is 5.86. The lowest BCUT2D eigenvalue weighted by molar-refractivity contribution is -0.155. The molecule has 2 unspecified atom stereocenters. The second-order valence-electron chi connectivity index (χ2n) is 7.67. The number of methoxy groups -OCH3 is 1. The molecule has 20 heavy (non-hydrogen) atoms. The van der Waals surface area contributed by atoms with Crippen molar-refractivity contribution in [1.29, 1.82) is 0 Å². The summed E-state index contributed by atoms with van der Waals surface area (Å²) in [5.41, 5.74) is -0.142. The lowest BCUT2D eigenvalue weighted by Gasteiger charge is -2.44. The van der Waals surface area contributed by atoms with Crippen LogP contribution in [-0.2, 0) is 14.3 Å². The van der Waals surface area contributed by atoms with Gasteiger partial charge in [0.15, 0.2) is 5.78 Å². The molecule has 2 aliphatic rings. The van der Waals surface area contributed by atoms with Crippen LogP contribution in [0.4, 0.5) is 0 Å². The summed E-state index contributed by atoms with van der Waals surface area (Å²) in [6.07, 6.45) is 7.52. The fraction of sp³-hybridized carbons (Fsp3) is 0.941. The fourth-order valence-corrected chi connectivity index (χ4v) is 3.93. The van der Waals surface area contributed by atoms with Crippen molar-refractivity contribution in [2.45, 2.75) is 77.4 Å². The Bertz CT molecular complexity index is 331. The van der Waals surface area contributed by atoms with Gasteiger partial charge in [0.25, 0.3) is 0 Å². The van der Waals surface area contributed by atoms with Crippen molar-refractivity contribution < 1.29 is 14.3 Å². The molecule has 116 valence electrons. The number of Topliss-reactive ketones (excluding diaryl/α,β-unsaturated/α-hetero) is 1. The minimum Gasteiger partial charge on any atom is -0.375 e. The maximum Gasteiger partial charge on any atom is 0.165 e. The molecule has 0 amide bonds. The number of carbonyl (C=O) groups excluding carboxylic acids is 1. The zero-order valence-corrected chi connectivity index (χ0v) is 13.5. The molecule has 0 aromatic carbocycles. The Morgan fingerprint density at radius 2 is 1.90 bits per heavy atom. The summed E-state index contributed by atoms with van der Waals surface area (Å²) < 4.78 is 11.6. The van der Waals surface area contributed by atoms with Gasteiger partial charge in [-0.05, 0) is 31.1 Å². The van der Waals surface area contributed by atoms with Gasteiger partial charge in [0.2, 0.25) is 0 Å². The first-order valence-corrected chi connectivity index (χ1v) is 8.08. The van der Waals surface area contributed by atoms with Crippen LogP contribution in [0.25, 0.3) is 0 Å². The van der Waals surface area contributed by atoms with Crippen LogP contribution in [0.2, 0.25) is 0 Å². The summed E-state index contributed by atoms with van der Waals surface area (Å²) in [6, 6.07) is 0. The van der Waals surface area contributed by atoms with Gasteiger partial charge in [-0.1, -0.05) is 40.0 Å². The van der Waals surface area contributed by atoms with E-state index in [0.717, 1.165) is 32.3 Å². The van der Waals surface area contributed by atoms with E-state index in [-0.39, 0.29) is 28.8 Å². The van der Waals surface area contributed by atoms with Crippen molar-refractivity contribution in [1.82, 2.24) is 0 Å². The van der Waals surface area contributed by atoms with Crippen LogP contribution in [0.1, 0.15) is 65.7 Å². The predicted octanol–water partition coefficient (Wildman–Crippen LogP) is 3.75. The van der Waals surface area contributed by atoms with Gasteiger partial charge in [0.1, 0.15) is 6.10 Å². The monoisotopic (exact) mass is 282 g/mol. The summed E-state index contributed by atoms with van der Waals surface area (Å²) in [7, 11) is 1.66. The maximum atomic E-state index is 12.8. The van der Waals surface area contributed by atoms with Crippen LogP contribution >= 0.6 is 0 Å². The molecule has 3 nitrogen and oxygen atoms in total. The highest BCUT2D eigenvalue weighted by Gasteiger charge is 2.44. The van der Waals surface area contributed by atoms with E-state index in [9.17, 15) is 4.79 Å². The van der Waals surface area contributed by atoms with Crippen molar-refractivity contribution in [3.8, 4) is 0 Å². The Morgan fingerprint density at radius 3 is 2.45 bits per heavy atom. The Morgan fingerprint density at radius 1 is 1.25 bits per heavy atom. The number of ketones is 1. The lowest BCUT2D eigenvalue weighted by atomic mass is 9.72. The molecule has 3 heteroatoms. The Kier molecular flexibility index (Phi) is 4.91. The van der Waals surface area contributed by atoms with E-state index in [1.54, 1.807) is 7.11 Å². The molecule has 0 radical (unpaired) electrons. The molecular weight excluding hydrogens is 252 g/mol. The van der Waals surface area contributed by atoms with E-state index in [2.05, 4.69) is 20.8 Å². The molecule has 2 atom stereocenters. The smallest absolute Gasteiger partial charge is 0.165 e. The molecule has 0 aromatic heterocycles. The maximum absolute atomic E-state index is 12.8. The van der Waals surface area contributed by atoms with Gasteiger partial charge >= 0.3 is 0 Å². The molecule has 1 heterocycles. The first kappa shape index (κ1) is 16.0. The molecule has 1 saturated heterocycles. The largest absolute Gasteiger partial charge is 0.375 e. The van der Waals surface area contributed by atoms with E-state index in [1.165, 1.54) is 19.3 Å². The third-order valence-corrected chi connectivity index (χ3v) is 4.94. The topological polar surface area (TPSA) is 35.5 Å². The van der Waals surface area contributed by atoms with Gasteiger partial charge in [-0.25, -0.2) is 0 Å². The number of hydrogen-bond acceptors (Lipinski definition) is 3. The Balaban J connectivity index is 2.06. The summed E-state index contributed by atoms with van der Waals surface area (Å²) >= 11 is 0. The average Bonchev–Trinajstić information content (AvgIpc) is 2.38. The third kappa shape index (κ3) is 3.43. The van der Waals surface area contributed by atoms with Gasteiger partial charge in [0, 0.05) is 19.6 Å². The van der Waals surface area contributed by atoms with Crippen LogP contribution in [0.5, 0.6) is 0 Å². The van der Waals surface area contributed by atoms with Gasteiger partial charge in [-0.15, -0.1) is 0 Å². The summed E-state index contributed by atoms with van der Waals surface area (Å²) in [5.74, 6) is 0.402. The van der Waals surface area contributed by atoms with E-state index in [1.807, 2.05) is 0 Å². The predicted molar refractivity (Wildman–Crippen MR) is 79.8 cm³/mol. The van der Waals surface area contributed by atoms with E-state index >= 15 is 0 Å². The molecule has 1 aliphatic heterocycles. The molecule has 1 saturated carbocycles. The quantitative estimate of drug-likeness (QED) is 0.791. The fourth-order valence-electron chi connectivity index (χ4n) is 3.93. The van der Waals surface area contributed by atoms with Crippen LogP contribution in [0, 0.1) is 11.3 Å². The Hall–Kier alpha value is -0.410. The summed E-state index contributed by atoms with van der Waals surface area (Å²) in [5, 5.41) is 0. The lowest BCUT2D eigenvalue weighted by Crippen LogP contribution is -2.47. The molecule has 1 spiro atoms. The normalized spacial score (nSPS) is 28.3. The number of rotatable bonds is 3. The van der Waals surface area contributed by atoms with Crippen molar-refractivity contribution in [3.63, 3.8) is 0 Å². The molecule has 0 bridgehead atoms. The Labute approximate surface area is 123 Å². The standard InChI is InChI=1S/C17H30O3/c1-16(2,3)15(19-4)14(18)13-8-11-20-17(12-13)9-6-5-7-10-17/h13,15H,5-12H2,1-4H3. The number of hydrogen-bond donors (Lipinski definition) is 0. The molecule has 2 fully saturated rings. The molecule has 2 rings (SSSR count). The first-order valence-electron chi connectivity index (χ1n) is 8.08. The van der Waals surface area contributed by atoms with Crippen LogP contribution in [0.15, 0.2) is 0 Å². The van der Waals surface area contributed by atoms with E-state index < -0.39 is 0 Å². The molecule has 1 aliphatic carbocycles. The van der Waals surface area contributed by atoms with Gasteiger partial charge < -0.3 is 9.47 Å². The number of ether oxygens (including phenoxy) is 2. The molecule has 0 N–H and O–H groups in total. The van der Waals surface area contributed by atoms with Crippen LogP contribution in [0.3, 0.4) is 0 Å². The summed E-state index contributed by atoms with van der Waals surface area (Å²) in [4.78, 5) is 12.8.